The predicted molar refractivity (Wildman–Crippen MR) is 42.5 cm³/mol. The first-order chi connectivity index (χ1) is 5.43. The molecule has 0 N–H and O–H groups in total. The Kier molecular flexibility index (Phi) is 4.33. The first-order valence-electron chi connectivity index (χ1n) is 3.78. The van der Waals surface area contributed by atoms with Gasteiger partial charge in [-0.15, -0.1) is 0 Å². The highest BCUT2D eigenvalue weighted by Gasteiger charge is 2.16. The minimum atomic E-state index is -0.397. The van der Waals surface area contributed by atoms with E-state index in [1.54, 1.807) is 13.8 Å². The summed E-state index contributed by atoms with van der Waals surface area (Å²) in [5.41, 5.74) is 0. The number of rotatable bonds is 3. The van der Waals surface area contributed by atoms with Gasteiger partial charge in [0.1, 0.15) is 12.2 Å². The van der Waals surface area contributed by atoms with Crippen molar-refractivity contribution in [2.75, 3.05) is 0 Å². The number of carbonyl (C=O) groups excluding carboxylic acids is 2. The second-order valence-corrected chi connectivity index (χ2v) is 2.63. The van der Waals surface area contributed by atoms with E-state index in [2.05, 4.69) is 0 Å². The highest BCUT2D eigenvalue weighted by atomic mass is 16.6. The van der Waals surface area contributed by atoms with Gasteiger partial charge in [0.2, 0.25) is 0 Å². The third-order valence-electron chi connectivity index (χ3n) is 1.36. The Morgan fingerprint density at radius 1 is 0.917 bits per heavy atom. The third kappa shape index (κ3) is 4.71. The van der Waals surface area contributed by atoms with Crippen molar-refractivity contribution in [3.05, 3.63) is 0 Å². The highest BCUT2D eigenvalue weighted by Crippen LogP contribution is 2.03. The molecule has 0 unspecified atom stereocenters. The lowest BCUT2D eigenvalue weighted by Crippen LogP contribution is -2.29. The molecule has 2 atom stereocenters. The second-order valence-electron chi connectivity index (χ2n) is 2.63. The van der Waals surface area contributed by atoms with Crippen molar-refractivity contribution in [3.8, 4) is 0 Å². The first-order valence-corrected chi connectivity index (χ1v) is 3.78. The van der Waals surface area contributed by atoms with E-state index in [-0.39, 0.29) is 11.9 Å². The Bertz CT molecular complexity index is 156. The van der Waals surface area contributed by atoms with Crippen LogP contribution in [0.15, 0.2) is 0 Å². The van der Waals surface area contributed by atoms with Crippen LogP contribution in [0.4, 0.5) is 0 Å². The average Bonchev–Trinajstić information content (AvgIpc) is 1.84. The van der Waals surface area contributed by atoms with E-state index in [1.165, 1.54) is 13.8 Å². The van der Waals surface area contributed by atoms with E-state index in [4.69, 9.17) is 9.47 Å². The summed E-state index contributed by atoms with van der Waals surface area (Å²) in [4.78, 5) is 21.0. The van der Waals surface area contributed by atoms with Crippen molar-refractivity contribution in [2.45, 2.75) is 39.9 Å². The van der Waals surface area contributed by atoms with Gasteiger partial charge in [0.25, 0.3) is 0 Å². The largest absolute Gasteiger partial charge is 0.459 e. The van der Waals surface area contributed by atoms with Gasteiger partial charge in [0.05, 0.1) is 0 Å². The molecule has 0 aliphatic carbocycles. The van der Waals surface area contributed by atoms with Crippen LogP contribution in [0.5, 0.6) is 0 Å². The number of esters is 2. The van der Waals surface area contributed by atoms with Crippen LogP contribution in [0.3, 0.4) is 0 Å². The SMILES string of the molecule is CC(=O)O[C@@H](C)[C@@H](C)OC(C)=O. The van der Waals surface area contributed by atoms with E-state index in [9.17, 15) is 9.59 Å². The summed E-state index contributed by atoms with van der Waals surface area (Å²) in [6, 6.07) is 0. The monoisotopic (exact) mass is 174 g/mol. The molecule has 0 aliphatic heterocycles. The summed E-state index contributed by atoms with van der Waals surface area (Å²) in [5, 5.41) is 0. The van der Waals surface area contributed by atoms with Gasteiger partial charge in [-0.2, -0.15) is 0 Å². The molecule has 12 heavy (non-hydrogen) atoms. The van der Waals surface area contributed by atoms with Crippen LogP contribution in [0.2, 0.25) is 0 Å². The summed E-state index contributed by atoms with van der Waals surface area (Å²) in [5.74, 6) is -0.747. The molecule has 0 spiro atoms. The predicted octanol–water partition coefficient (Wildman–Crippen LogP) is 0.890. The molecule has 4 nitrogen and oxygen atoms in total. The van der Waals surface area contributed by atoms with Crippen LogP contribution in [0.1, 0.15) is 27.7 Å². The molecular weight excluding hydrogens is 160 g/mol. The van der Waals surface area contributed by atoms with Crippen molar-refractivity contribution in [3.63, 3.8) is 0 Å². The lowest BCUT2D eigenvalue weighted by atomic mass is 10.2. The Hall–Kier alpha value is -1.06. The molecule has 0 fully saturated rings. The van der Waals surface area contributed by atoms with Gasteiger partial charge < -0.3 is 9.47 Å². The van der Waals surface area contributed by atoms with Gasteiger partial charge in [-0.25, -0.2) is 0 Å². The molecule has 0 rings (SSSR count). The highest BCUT2D eigenvalue weighted by molar-refractivity contribution is 5.67. The third-order valence-corrected chi connectivity index (χ3v) is 1.36. The smallest absolute Gasteiger partial charge is 0.303 e. The Morgan fingerprint density at radius 2 is 1.17 bits per heavy atom. The van der Waals surface area contributed by atoms with Crippen LogP contribution in [0.25, 0.3) is 0 Å². The van der Waals surface area contributed by atoms with Crippen LogP contribution >= 0.6 is 0 Å². The Balaban J connectivity index is 3.83. The summed E-state index contributed by atoms with van der Waals surface area (Å²) in [7, 11) is 0. The zero-order valence-electron chi connectivity index (χ0n) is 7.79. The summed E-state index contributed by atoms with van der Waals surface area (Å²) < 4.78 is 9.59. The van der Waals surface area contributed by atoms with Crippen molar-refractivity contribution in [2.24, 2.45) is 0 Å². The minimum Gasteiger partial charge on any atom is -0.459 e. The molecule has 0 saturated carbocycles. The van der Waals surface area contributed by atoms with Gasteiger partial charge in [-0.3, -0.25) is 9.59 Å². The molecule has 4 heteroatoms. The maximum Gasteiger partial charge on any atom is 0.303 e. The molecule has 0 amide bonds. The lowest BCUT2D eigenvalue weighted by molar-refractivity contribution is -0.162. The fraction of sp³-hybridized carbons (Fsp3) is 0.750. The Morgan fingerprint density at radius 3 is 1.33 bits per heavy atom. The number of ether oxygens (including phenoxy) is 2. The van der Waals surface area contributed by atoms with Gasteiger partial charge >= 0.3 is 11.9 Å². The average molecular weight is 174 g/mol. The number of hydrogen-bond acceptors (Lipinski definition) is 4. The summed E-state index contributed by atoms with van der Waals surface area (Å²) >= 11 is 0. The zero-order chi connectivity index (χ0) is 9.72. The van der Waals surface area contributed by atoms with Crippen LogP contribution in [-0.2, 0) is 19.1 Å². The van der Waals surface area contributed by atoms with Crippen molar-refractivity contribution >= 4 is 11.9 Å². The Labute approximate surface area is 71.8 Å². The quantitative estimate of drug-likeness (QED) is 0.596. The maximum atomic E-state index is 10.5. The van der Waals surface area contributed by atoms with Crippen molar-refractivity contribution < 1.29 is 19.1 Å². The number of carbonyl (C=O) groups is 2. The minimum absolute atomic E-state index is 0.374. The van der Waals surface area contributed by atoms with Crippen LogP contribution in [0, 0.1) is 0 Å². The van der Waals surface area contributed by atoms with Gasteiger partial charge in [0, 0.05) is 13.8 Å². The van der Waals surface area contributed by atoms with Crippen LogP contribution in [-0.4, -0.2) is 24.1 Å². The lowest BCUT2D eigenvalue weighted by Gasteiger charge is -2.18. The van der Waals surface area contributed by atoms with Gasteiger partial charge in [-0.05, 0) is 13.8 Å². The second kappa shape index (κ2) is 4.74. The van der Waals surface area contributed by atoms with Crippen molar-refractivity contribution in [1.29, 1.82) is 0 Å². The van der Waals surface area contributed by atoms with Crippen LogP contribution < -0.4 is 0 Å². The molecule has 0 aromatic carbocycles. The maximum absolute atomic E-state index is 10.5. The first kappa shape index (κ1) is 10.9. The molecule has 0 aromatic heterocycles. The standard InChI is InChI=1S/C8H14O4/c1-5(11-7(3)9)6(2)12-8(4)10/h5-6H,1-4H3/t5-,6+. The molecule has 0 aliphatic rings. The summed E-state index contributed by atoms with van der Waals surface area (Å²) in [6.07, 6.45) is -0.794. The molecule has 0 saturated heterocycles. The molecule has 0 bridgehead atoms. The molecule has 0 radical (unpaired) electrons. The van der Waals surface area contributed by atoms with Gasteiger partial charge in [-0.1, -0.05) is 0 Å². The normalized spacial score (nSPS) is 14.7. The van der Waals surface area contributed by atoms with Gasteiger partial charge in [0.15, 0.2) is 0 Å². The van der Waals surface area contributed by atoms with E-state index >= 15 is 0 Å². The summed E-state index contributed by atoms with van der Waals surface area (Å²) in [6.45, 7) is 5.98. The zero-order valence-corrected chi connectivity index (χ0v) is 7.79. The molecule has 0 aromatic rings. The van der Waals surface area contributed by atoms with E-state index in [1.807, 2.05) is 0 Å². The van der Waals surface area contributed by atoms with E-state index in [0.717, 1.165) is 0 Å². The fourth-order valence-corrected chi connectivity index (χ4v) is 0.715. The van der Waals surface area contributed by atoms with E-state index in [0.29, 0.717) is 0 Å². The molecule has 0 heterocycles. The van der Waals surface area contributed by atoms with Crippen molar-refractivity contribution in [1.82, 2.24) is 0 Å². The molecular formula is C8H14O4. The number of hydrogen-bond donors (Lipinski definition) is 0. The molecule has 70 valence electrons. The fourth-order valence-electron chi connectivity index (χ4n) is 0.715. The van der Waals surface area contributed by atoms with E-state index < -0.39 is 12.2 Å². The topological polar surface area (TPSA) is 52.6 Å².